The van der Waals surface area contributed by atoms with Gasteiger partial charge in [-0.15, -0.1) is 0 Å². The van der Waals surface area contributed by atoms with Gasteiger partial charge >= 0.3 is 5.69 Å². The highest BCUT2D eigenvalue weighted by Crippen LogP contribution is 2.29. The highest BCUT2D eigenvalue weighted by Gasteiger charge is 2.25. The largest absolute Gasteiger partial charge is 0.375 e. The number of carbonyl (C=O) groups excluding carboxylic acids is 1. The van der Waals surface area contributed by atoms with E-state index in [1.165, 1.54) is 13.1 Å². The van der Waals surface area contributed by atoms with Gasteiger partial charge in [-0.3, -0.25) is 29.4 Å². The van der Waals surface area contributed by atoms with Crippen molar-refractivity contribution in [1.29, 1.82) is 0 Å². The van der Waals surface area contributed by atoms with Gasteiger partial charge in [0.2, 0.25) is 11.9 Å². The lowest BCUT2D eigenvalue weighted by atomic mass is 10.0. The van der Waals surface area contributed by atoms with Crippen LogP contribution in [0.3, 0.4) is 0 Å². The van der Waals surface area contributed by atoms with Crippen LogP contribution in [0.2, 0.25) is 0 Å². The van der Waals surface area contributed by atoms with Gasteiger partial charge in [0.1, 0.15) is 5.52 Å². The lowest BCUT2D eigenvalue weighted by Crippen LogP contribution is -2.39. The maximum Gasteiger partial charge on any atom is 0.329 e. The smallest absolute Gasteiger partial charge is 0.329 e. The Morgan fingerprint density at radius 2 is 1.86 bits per heavy atom. The number of aromatic nitrogens is 6. The number of piperidine rings is 1. The van der Waals surface area contributed by atoms with Crippen molar-refractivity contribution in [2.45, 2.75) is 39.2 Å². The fourth-order valence-corrected chi connectivity index (χ4v) is 4.64. The van der Waals surface area contributed by atoms with Crippen LogP contribution in [0.1, 0.15) is 39.2 Å². The van der Waals surface area contributed by atoms with Crippen LogP contribution < -0.4 is 16.6 Å². The monoisotopic (exact) mass is 486 g/mol. The Morgan fingerprint density at radius 1 is 1.14 bits per heavy atom. The molecule has 1 aliphatic heterocycles. The Bertz CT molecular complexity index is 1600. The molecule has 0 atom stereocenters. The van der Waals surface area contributed by atoms with Crippen LogP contribution in [0.15, 0.2) is 52.6 Å². The predicted octanol–water partition coefficient (Wildman–Crippen LogP) is 2.61. The molecule has 2 N–H and O–H groups in total. The van der Waals surface area contributed by atoms with Gasteiger partial charge < -0.3 is 4.90 Å². The highest BCUT2D eigenvalue weighted by molar-refractivity contribution is 6.01. The molecule has 11 nitrogen and oxygen atoms in total. The van der Waals surface area contributed by atoms with Gasteiger partial charge in [-0.2, -0.15) is 0 Å². The first kappa shape index (κ1) is 23.3. The molecule has 0 unspecified atom stereocenters. The molecule has 5 rings (SSSR count). The maximum atomic E-state index is 13.1. The maximum absolute atomic E-state index is 13.1. The van der Waals surface area contributed by atoms with Crippen molar-refractivity contribution in [2.24, 2.45) is 0 Å². The number of allylic oxidation sites excluding steroid dienone is 1. The molecule has 5 heterocycles. The second kappa shape index (κ2) is 9.33. The lowest BCUT2D eigenvalue weighted by molar-refractivity contribution is -0.114. The van der Waals surface area contributed by atoms with Crippen LogP contribution in [-0.2, 0) is 4.79 Å². The third-order valence-electron chi connectivity index (χ3n) is 6.53. The van der Waals surface area contributed by atoms with Gasteiger partial charge in [0.25, 0.3) is 5.56 Å². The van der Waals surface area contributed by atoms with E-state index in [9.17, 15) is 14.4 Å². The number of nitrogens with one attached hydrogen (secondary N) is 2. The summed E-state index contributed by atoms with van der Waals surface area (Å²) in [6, 6.07) is 3.47. The van der Waals surface area contributed by atoms with Crippen molar-refractivity contribution in [3.05, 3.63) is 63.8 Å². The minimum atomic E-state index is -0.493. The number of rotatable bonds is 5. The number of aromatic amines is 1. The van der Waals surface area contributed by atoms with Crippen LogP contribution in [0.25, 0.3) is 33.2 Å². The van der Waals surface area contributed by atoms with Crippen LogP contribution in [0.5, 0.6) is 0 Å². The Hall–Kier alpha value is -4.41. The van der Waals surface area contributed by atoms with Gasteiger partial charge in [0.05, 0.1) is 22.1 Å². The zero-order valence-electron chi connectivity index (χ0n) is 20.1. The van der Waals surface area contributed by atoms with Crippen molar-refractivity contribution in [3.8, 4) is 11.3 Å². The minimum Gasteiger partial charge on any atom is -0.375 e. The normalized spacial score (nSPS) is 14.3. The number of hydrogen-bond acceptors (Lipinski definition) is 8. The van der Waals surface area contributed by atoms with Crippen molar-refractivity contribution in [3.63, 3.8) is 0 Å². The molecule has 1 fully saturated rings. The molecule has 4 aromatic rings. The zero-order chi connectivity index (χ0) is 25.4. The number of carbonyl (C=O) groups is 1. The third kappa shape index (κ3) is 4.23. The lowest BCUT2D eigenvalue weighted by Gasteiger charge is -2.35. The molecule has 0 saturated carbocycles. The molecule has 0 aliphatic carbocycles. The quantitative estimate of drug-likeness (QED) is 0.411. The molecule has 0 aromatic carbocycles. The van der Waals surface area contributed by atoms with Crippen molar-refractivity contribution in [1.82, 2.24) is 34.4 Å². The van der Waals surface area contributed by atoms with Crippen LogP contribution in [-0.4, -0.2) is 53.4 Å². The van der Waals surface area contributed by atoms with Gasteiger partial charge in [0, 0.05) is 55.9 Å². The molecule has 0 bridgehead atoms. The van der Waals surface area contributed by atoms with E-state index < -0.39 is 11.2 Å². The standard InChI is InChI=1S/C25H26N8O3/c1-4-14(2)32-9-7-17(8-10-32)33-22-18(23(35)31-25(33)36)13-26-20-6-5-19(30-21(20)22)16-11-27-24(28-12-16)29-15(3)34/h5-6,11-13,17H,2,4,7-10H2,1,3H3,(H,31,35,36)(H,27,28,29,34). The van der Waals surface area contributed by atoms with Gasteiger partial charge in [-0.1, -0.05) is 13.5 Å². The number of H-pyrrole nitrogens is 1. The predicted molar refractivity (Wildman–Crippen MR) is 137 cm³/mol. The molecule has 1 saturated heterocycles. The Morgan fingerprint density at radius 3 is 2.53 bits per heavy atom. The second-order valence-electron chi connectivity index (χ2n) is 8.83. The average molecular weight is 487 g/mol. The molecule has 1 aliphatic rings. The molecular weight excluding hydrogens is 460 g/mol. The van der Waals surface area contributed by atoms with Crippen molar-refractivity contribution >= 4 is 33.8 Å². The summed E-state index contributed by atoms with van der Waals surface area (Å²) in [4.78, 5) is 59.3. The number of nitrogens with zero attached hydrogens (tertiary/aromatic N) is 6. The summed E-state index contributed by atoms with van der Waals surface area (Å²) >= 11 is 0. The van der Waals surface area contributed by atoms with E-state index in [1.807, 2.05) is 0 Å². The van der Waals surface area contributed by atoms with E-state index in [1.54, 1.807) is 29.1 Å². The number of hydrogen-bond donors (Lipinski definition) is 2. The first-order valence-electron chi connectivity index (χ1n) is 11.8. The number of amides is 1. The van der Waals surface area contributed by atoms with Gasteiger partial charge in [0.15, 0.2) is 0 Å². The SMILES string of the molecule is C=C(CC)N1CCC(n2c(=O)[nH]c(=O)c3cnc4ccc(-c5cnc(NC(C)=O)nc5)nc4c32)CC1. The zero-order valence-corrected chi connectivity index (χ0v) is 20.1. The Kier molecular flexibility index (Phi) is 6.05. The van der Waals surface area contributed by atoms with Crippen LogP contribution >= 0.6 is 0 Å². The molecule has 1 amide bonds. The molecule has 11 heteroatoms. The summed E-state index contributed by atoms with van der Waals surface area (Å²) in [6.07, 6.45) is 6.96. The highest BCUT2D eigenvalue weighted by atomic mass is 16.2. The fourth-order valence-electron chi connectivity index (χ4n) is 4.64. The Balaban J connectivity index is 1.63. The van der Waals surface area contributed by atoms with E-state index in [0.29, 0.717) is 33.2 Å². The summed E-state index contributed by atoms with van der Waals surface area (Å²) < 4.78 is 1.67. The van der Waals surface area contributed by atoms with E-state index in [2.05, 4.69) is 43.7 Å². The van der Waals surface area contributed by atoms with E-state index in [4.69, 9.17) is 4.98 Å². The number of pyridine rings is 2. The van der Waals surface area contributed by atoms with Gasteiger partial charge in [-0.05, 0) is 31.4 Å². The molecule has 4 aromatic heterocycles. The van der Waals surface area contributed by atoms with E-state index >= 15 is 0 Å². The van der Waals surface area contributed by atoms with E-state index in [0.717, 1.165) is 38.0 Å². The fraction of sp³-hybridized carbons (Fsp3) is 0.320. The molecule has 184 valence electrons. The summed E-state index contributed by atoms with van der Waals surface area (Å²) in [6.45, 7) is 9.16. The first-order chi connectivity index (χ1) is 17.4. The van der Waals surface area contributed by atoms with E-state index in [-0.39, 0.29) is 17.9 Å². The topological polar surface area (TPSA) is 139 Å². The summed E-state index contributed by atoms with van der Waals surface area (Å²) in [7, 11) is 0. The first-order valence-corrected chi connectivity index (χ1v) is 11.8. The minimum absolute atomic E-state index is 0.103. The Labute approximate surface area is 205 Å². The summed E-state index contributed by atoms with van der Waals surface area (Å²) in [5.74, 6) is -0.0752. The van der Waals surface area contributed by atoms with Crippen LogP contribution in [0, 0.1) is 0 Å². The summed E-state index contributed by atoms with van der Waals surface area (Å²) in [5, 5.41) is 2.84. The molecule has 36 heavy (non-hydrogen) atoms. The molecule has 0 spiro atoms. The number of fused-ring (bicyclic) bond motifs is 3. The number of anilines is 1. The summed E-state index contributed by atoms with van der Waals surface area (Å²) in [5.41, 5.74) is 2.80. The van der Waals surface area contributed by atoms with Crippen molar-refractivity contribution < 1.29 is 4.79 Å². The van der Waals surface area contributed by atoms with Gasteiger partial charge in [-0.25, -0.2) is 19.7 Å². The number of likely N-dealkylation sites (tertiary alicyclic amines) is 1. The average Bonchev–Trinajstić information content (AvgIpc) is 2.88. The van der Waals surface area contributed by atoms with Crippen LogP contribution in [0.4, 0.5) is 5.95 Å². The second-order valence-corrected chi connectivity index (χ2v) is 8.83. The van der Waals surface area contributed by atoms with Crippen molar-refractivity contribution in [2.75, 3.05) is 18.4 Å². The molecule has 0 radical (unpaired) electrons. The molecular formula is C25H26N8O3. The third-order valence-corrected chi connectivity index (χ3v) is 6.53.